The van der Waals surface area contributed by atoms with Crippen molar-refractivity contribution in [3.05, 3.63) is 64.2 Å². The highest BCUT2D eigenvalue weighted by Gasteiger charge is 2.16. The third-order valence-corrected chi connectivity index (χ3v) is 4.55. The molecular formula is C21H21FN4O3. The molecule has 0 saturated carbocycles. The number of nitrogens with one attached hydrogen (secondary N) is 2. The normalized spacial score (nSPS) is 10.7. The van der Waals surface area contributed by atoms with Gasteiger partial charge in [-0.3, -0.25) is 20.4 Å². The standard InChI is InChI=1S/C21H21FN4O3/c1-11-5-6-16(7-12(11)2)29-10-19(27)25-26-21(28)17-8-15(22)9-18-20(17)24-14(4)13(3)23-18/h5-9H,10H2,1-4H3,(H,25,27)(H,26,28). The lowest BCUT2D eigenvalue weighted by Crippen LogP contribution is -2.44. The van der Waals surface area contributed by atoms with E-state index in [0.717, 1.165) is 17.2 Å². The molecular weight excluding hydrogens is 375 g/mol. The highest BCUT2D eigenvalue weighted by Crippen LogP contribution is 2.19. The van der Waals surface area contributed by atoms with E-state index in [2.05, 4.69) is 20.8 Å². The van der Waals surface area contributed by atoms with Crippen LogP contribution in [0.25, 0.3) is 11.0 Å². The van der Waals surface area contributed by atoms with Gasteiger partial charge in [0.25, 0.3) is 11.8 Å². The lowest BCUT2D eigenvalue weighted by molar-refractivity contribution is -0.123. The summed E-state index contributed by atoms with van der Waals surface area (Å²) in [6.45, 7) is 7.13. The van der Waals surface area contributed by atoms with Gasteiger partial charge in [0.1, 0.15) is 17.1 Å². The largest absolute Gasteiger partial charge is 0.484 e. The van der Waals surface area contributed by atoms with Gasteiger partial charge in [0.2, 0.25) is 0 Å². The Bertz CT molecular complexity index is 1110. The van der Waals surface area contributed by atoms with Crippen LogP contribution in [0.3, 0.4) is 0 Å². The Kier molecular flexibility index (Phi) is 5.72. The van der Waals surface area contributed by atoms with Crippen molar-refractivity contribution in [2.45, 2.75) is 27.7 Å². The Hall–Kier alpha value is -3.55. The minimum Gasteiger partial charge on any atom is -0.484 e. The number of nitrogens with zero attached hydrogens (tertiary/aromatic N) is 2. The molecule has 0 radical (unpaired) electrons. The van der Waals surface area contributed by atoms with Gasteiger partial charge in [0, 0.05) is 6.07 Å². The molecule has 0 fully saturated rings. The van der Waals surface area contributed by atoms with E-state index < -0.39 is 17.6 Å². The van der Waals surface area contributed by atoms with Crippen LogP contribution in [0.2, 0.25) is 0 Å². The van der Waals surface area contributed by atoms with Crippen LogP contribution in [0.4, 0.5) is 4.39 Å². The SMILES string of the molecule is Cc1ccc(OCC(=O)NNC(=O)c2cc(F)cc3nc(C)c(C)nc23)cc1C. The van der Waals surface area contributed by atoms with Crippen molar-refractivity contribution < 1.29 is 18.7 Å². The van der Waals surface area contributed by atoms with E-state index in [9.17, 15) is 14.0 Å². The maximum Gasteiger partial charge on any atom is 0.276 e. The number of benzene rings is 2. The molecule has 8 heteroatoms. The number of hydrazine groups is 1. The Balaban J connectivity index is 1.66. The fraction of sp³-hybridized carbons (Fsp3) is 0.238. The van der Waals surface area contributed by atoms with Crippen molar-refractivity contribution >= 4 is 22.8 Å². The fourth-order valence-corrected chi connectivity index (χ4v) is 2.65. The van der Waals surface area contributed by atoms with Gasteiger partial charge >= 0.3 is 0 Å². The van der Waals surface area contributed by atoms with E-state index in [1.54, 1.807) is 19.9 Å². The van der Waals surface area contributed by atoms with Gasteiger partial charge in [-0.25, -0.2) is 14.4 Å². The first-order valence-electron chi connectivity index (χ1n) is 8.98. The van der Waals surface area contributed by atoms with Gasteiger partial charge in [-0.05, 0) is 57.0 Å². The summed E-state index contributed by atoms with van der Waals surface area (Å²) >= 11 is 0. The number of hydrogen-bond acceptors (Lipinski definition) is 5. The molecule has 0 spiro atoms. The van der Waals surface area contributed by atoms with Crippen LogP contribution in [0.1, 0.15) is 32.9 Å². The van der Waals surface area contributed by atoms with Crippen molar-refractivity contribution in [3.8, 4) is 5.75 Å². The van der Waals surface area contributed by atoms with E-state index >= 15 is 0 Å². The van der Waals surface area contributed by atoms with E-state index in [4.69, 9.17) is 4.74 Å². The quantitative estimate of drug-likeness (QED) is 0.662. The van der Waals surface area contributed by atoms with Crippen molar-refractivity contribution in [3.63, 3.8) is 0 Å². The van der Waals surface area contributed by atoms with Gasteiger partial charge in [0.05, 0.1) is 22.5 Å². The number of rotatable bonds is 4. The number of hydrogen-bond donors (Lipinski definition) is 2. The predicted molar refractivity (Wildman–Crippen MR) is 106 cm³/mol. The predicted octanol–water partition coefficient (Wildman–Crippen LogP) is 2.84. The van der Waals surface area contributed by atoms with Crippen molar-refractivity contribution in [2.24, 2.45) is 0 Å². The number of aryl methyl sites for hydroxylation is 4. The molecule has 0 aliphatic carbocycles. The van der Waals surface area contributed by atoms with Crippen LogP contribution in [-0.4, -0.2) is 28.4 Å². The Morgan fingerprint density at radius 1 is 0.966 bits per heavy atom. The highest BCUT2D eigenvalue weighted by molar-refractivity contribution is 6.05. The first-order valence-corrected chi connectivity index (χ1v) is 8.98. The summed E-state index contributed by atoms with van der Waals surface area (Å²) in [5, 5.41) is 0. The summed E-state index contributed by atoms with van der Waals surface area (Å²) in [7, 11) is 0. The molecule has 0 saturated heterocycles. The van der Waals surface area contributed by atoms with Crippen LogP contribution in [0.15, 0.2) is 30.3 Å². The Morgan fingerprint density at radius 2 is 1.69 bits per heavy atom. The number of halogens is 1. The number of carbonyl (C=O) groups is 2. The fourth-order valence-electron chi connectivity index (χ4n) is 2.65. The summed E-state index contributed by atoms with van der Waals surface area (Å²) in [4.78, 5) is 33.0. The lowest BCUT2D eigenvalue weighted by atomic mass is 10.1. The summed E-state index contributed by atoms with van der Waals surface area (Å²) in [5.74, 6) is -1.33. The van der Waals surface area contributed by atoms with Gasteiger partial charge in [-0.2, -0.15) is 0 Å². The van der Waals surface area contributed by atoms with Gasteiger partial charge in [-0.15, -0.1) is 0 Å². The molecule has 1 aromatic heterocycles. The monoisotopic (exact) mass is 396 g/mol. The summed E-state index contributed by atoms with van der Waals surface area (Å²) in [5.41, 5.74) is 8.44. The second kappa shape index (κ2) is 8.22. The Morgan fingerprint density at radius 3 is 2.41 bits per heavy atom. The van der Waals surface area contributed by atoms with Crippen LogP contribution >= 0.6 is 0 Å². The zero-order valence-corrected chi connectivity index (χ0v) is 16.6. The van der Waals surface area contributed by atoms with Gasteiger partial charge in [0.15, 0.2) is 6.61 Å². The smallest absolute Gasteiger partial charge is 0.276 e. The number of ether oxygens (including phenoxy) is 1. The van der Waals surface area contributed by atoms with E-state index in [-0.39, 0.29) is 23.2 Å². The molecule has 0 aliphatic rings. The van der Waals surface area contributed by atoms with Crippen LogP contribution in [0, 0.1) is 33.5 Å². The zero-order valence-electron chi connectivity index (χ0n) is 16.6. The van der Waals surface area contributed by atoms with Crippen LogP contribution in [-0.2, 0) is 4.79 Å². The number of carbonyl (C=O) groups excluding carboxylic acids is 2. The highest BCUT2D eigenvalue weighted by atomic mass is 19.1. The van der Waals surface area contributed by atoms with E-state index in [0.29, 0.717) is 17.1 Å². The second-order valence-electron chi connectivity index (χ2n) is 6.75. The summed E-state index contributed by atoms with van der Waals surface area (Å²) < 4.78 is 19.3. The van der Waals surface area contributed by atoms with Gasteiger partial charge < -0.3 is 4.74 Å². The topological polar surface area (TPSA) is 93.2 Å². The van der Waals surface area contributed by atoms with E-state index in [1.165, 1.54) is 6.07 Å². The molecule has 3 aromatic rings. The molecule has 7 nitrogen and oxygen atoms in total. The molecule has 0 atom stereocenters. The third kappa shape index (κ3) is 4.66. The minimum absolute atomic E-state index is 0.0222. The average Bonchev–Trinajstić information content (AvgIpc) is 2.67. The second-order valence-corrected chi connectivity index (χ2v) is 6.75. The number of aromatic nitrogens is 2. The molecule has 150 valence electrons. The molecule has 2 amide bonds. The van der Waals surface area contributed by atoms with Crippen molar-refractivity contribution in [2.75, 3.05) is 6.61 Å². The van der Waals surface area contributed by atoms with Crippen molar-refractivity contribution in [1.29, 1.82) is 0 Å². The van der Waals surface area contributed by atoms with Crippen LogP contribution < -0.4 is 15.6 Å². The molecule has 0 unspecified atom stereocenters. The molecule has 2 N–H and O–H groups in total. The van der Waals surface area contributed by atoms with E-state index in [1.807, 2.05) is 26.0 Å². The molecule has 2 aromatic carbocycles. The van der Waals surface area contributed by atoms with Crippen LogP contribution in [0.5, 0.6) is 5.75 Å². The molecule has 29 heavy (non-hydrogen) atoms. The zero-order chi connectivity index (χ0) is 21.1. The number of fused-ring (bicyclic) bond motifs is 1. The first kappa shape index (κ1) is 20.2. The number of amides is 2. The minimum atomic E-state index is -0.702. The lowest BCUT2D eigenvalue weighted by Gasteiger charge is -2.11. The maximum absolute atomic E-state index is 13.9. The maximum atomic E-state index is 13.9. The first-order chi connectivity index (χ1) is 13.7. The summed E-state index contributed by atoms with van der Waals surface area (Å²) in [6.07, 6.45) is 0. The van der Waals surface area contributed by atoms with Crippen molar-refractivity contribution in [1.82, 2.24) is 20.8 Å². The van der Waals surface area contributed by atoms with Gasteiger partial charge in [-0.1, -0.05) is 6.07 Å². The molecule has 0 aliphatic heterocycles. The third-order valence-electron chi connectivity index (χ3n) is 4.55. The molecule has 0 bridgehead atoms. The average molecular weight is 396 g/mol. The summed E-state index contributed by atoms with van der Waals surface area (Å²) in [6, 6.07) is 7.74. The Labute approximate surface area is 167 Å². The molecule has 3 rings (SSSR count). The molecule has 1 heterocycles.